The molecule has 0 amide bonds. The normalized spacial score (nSPS) is 11.9. The SMILES string of the molecule is COc1ccc(S(=O)(=O)OS(=O)(=O)c2cc(N)ccc2OC)cc1N. The van der Waals surface area contributed by atoms with Crippen molar-refractivity contribution in [2.75, 3.05) is 25.7 Å². The summed E-state index contributed by atoms with van der Waals surface area (Å²) in [5.41, 5.74) is 11.3. The van der Waals surface area contributed by atoms with E-state index in [-0.39, 0.29) is 22.9 Å². The third-order valence-electron chi connectivity index (χ3n) is 3.13. The smallest absolute Gasteiger partial charge is 0.315 e. The fourth-order valence-corrected chi connectivity index (χ4v) is 4.69. The van der Waals surface area contributed by atoms with Gasteiger partial charge in [-0.3, -0.25) is 0 Å². The van der Waals surface area contributed by atoms with Crippen LogP contribution in [0.2, 0.25) is 0 Å². The van der Waals surface area contributed by atoms with E-state index < -0.39 is 30.0 Å². The fourth-order valence-electron chi connectivity index (χ4n) is 1.95. The Labute approximate surface area is 145 Å². The summed E-state index contributed by atoms with van der Waals surface area (Å²) in [6.07, 6.45) is 0. The minimum Gasteiger partial charge on any atom is -0.495 e. The monoisotopic (exact) mass is 388 g/mol. The van der Waals surface area contributed by atoms with E-state index in [1.165, 1.54) is 32.4 Å². The Hall–Kier alpha value is -2.50. The predicted molar refractivity (Wildman–Crippen MR) is 90.3 cm³/mol. The molecule has 0 aliphatic rings. The summed E-state index contributed by atoms with van der Waals surface area (Å²) < 4.78 is 63.6. The van der Waals surface area contributed by atoms with Gasteiger partial charge < -0.3 is 20.9 Å². The van der Waals surface area contributed by atoms with Crippen LogP contribution < -0.4 is 20.9 Å². The summed E-state index contributed by atoms with van der Waals surface area (Å²) >= 11 is 0. The molecule has 0 aliphatic carbocycles. The van der Waals surface area contributed by atoms with Crippen molar-refractivity contribution >= 4 is 31.6 Å². The average Bonchev–Trinajstić information content (AvgIpc) is 2.53. The van der Waals surface area contributed by atoms with Gasteiger partial charge in [-0.1, -0.05) is 0 Å². The number of hydrogen-bond donors (Lipinski definition) is 2. The maximum Gasteiger partial charge on any atom is 0.315 e. The molecule has 0 radical (unpaired) electrons. The Morgan fingerprint density at radius 1 is 0.800 bits per heavy atom. The zero-order valence-electron chi connectivity index (χ0n) is 13.3. The molecular weight excluding hydrogens is 372 g/mol. The van der Waals surface area contributed by atoms with Gasteiger partial charge >= 0.3 is 20.2 Å². The van der Waals surface area contributed by atoms with E-state index in [0.29, 0.717) is 0 Å². The third kappa shape index (κ3) is 3.95. The highest BCUT2D eigenvalue weighted by Crippen LogP contribution is 2.31. The fraction of sp³-hybridized carbons (Fsp3) is 0.143. The van der Waals surface area contributed by atoms with Gasteiger partial charge in [0.15, 0.2) is 0 Å². The minimum atomic E-state index is -4.72. The standard InChI is InChI=1S/C14H16N2O7S2/c1-21-12-6-4-10(8-11(12)16)24(17,18)23-25(19,20)14-7-9(15)3-5-13(14)22-2/h3-8H,15-16H2,1-2H3. The van der Waals surface area contributed by atoms with E-state index in [2.05, 4.69) is 3.63 Å². The van der Waals surface area contributed by atoms with Crippen LogP contribution in [0.25, 0.3) is 0 Å². The third-order valence-corrected chi connectivity index (χ3v) is 6.25. The first-order chi connectivity index (χ1) is 11.6. The lowest BCUT2D eigenvalue weighted by Crippen LogP contribution is -2.15. The number of nitrogen functional groups attached to an aromatic ring is 2. The lowest BCUT2D eigenvalue weighted by molar-refractivity contribution is 0.398. The molecule has 2 aromatic rings. The van der Waals surface area contributed by atoms with E-state index >= 15 is 0 Å². The largest absolute Gasteiger partial charge is 0.495 e. The second-order valence-electron chi connectivity index (χ2n) is 4.79. The molecule has 4 N–H and O–H groups in total. The first-order valence-corrected chi connectivity index (χ1v) is 9.50. The molecule has 0 aliphatic heterocycles. The number of rotatable bonds is 6. The Morgan fingerprint density at radius 3 is 1.96 bits per heavy atom. The summed E-state index contributed by atoms with van der Waals surface area (Å²) in [6.45, 7) is 0. The second kappa shape index (κ2) is 6.78. The van der Waals surface area contributed by atoms with Gasteiger partial charge in [-0.2, -0.15) is 16.8 Å². The molecule has 2 aromatic carbocycles. The summed E-state index contributed by atoms with van der Waals surface area (Å²) in [4.78, 5) is -0.961. The number of benzene rings is 2. The van der Waals surface area contributed by atoms with Crippen LogP contribution in [0.5, 0.6) is 11.5 Å². The highest BCUT2D eigenvalue weighted by atomic mass is 32.3. The summed E-state index contributed by atoms with van der Waals surface area (Å²) in [6, 6.07) is 7.13. The van der Waals surface area contributed by atoms with Crippen molar-refractivity contribution in [2.45, 2.75) is 9.79 Å². The molecule has 0 fully saturated rings. The van der Waals surface area contributed by atoms with Crippen LogP contribution in [0.3, 0.4) is 0 Å². The molecule has 0 unspecified atom stereocenters. The van der Waals surface area contributed by atoms with Crippen LogP contribution in [0.1, 0.15) is 0 Å². The molecule has 25 heavy (non-hydrogen) atoms. The molecule has 0 bridgehead atoms. The maximum absolute atomic E-state index is 12.4. The first-order valence-electron chi connectivity index (χ1n) is 6.69. The zero-order chi connectivity index (χ0) is 18.8. The molecule has 0 heterocycles. The Morgan fingerprint density at radius 2 is 1.40 bits per heavy atom. The molecule has 136 valence electrons. The number of ether oxygens (including phenoxy) is 2. The van der Waals surface area contributed by atoms with Crippen LogP contribution >= 0.6 is 0 Å². The van der Waals surface area contributed by atoms with Gasteiger partial charge in [0.1, 0.15) is 16.4 Å². The van der Waals surface area contributed by atoms with Gasteiger partial charge in [0.2, 0.25) is 0 Å². The number of nitrogens with two attached hydrogens (primary N) is 2. The van der Waals surface area contributed by atoms with Gasteiger partial charge in [0.25, 0.3) is 0 Å². The predicted octanol–water partition coefficient (Wildman–Crippen LogP) is 0.962. The van der Waals surface area contributed by atoms with Gasteiger partial charge in [0.05, 0.1) is 24.8 Å². The summed E-state index contributed by atoms with van der Waals surface area (Å²) in [5, 5.41) is 0. The molecule has 9 nitrogen and oxygen atoms in total. The van der Waals surface area contributed by atoms with Crippen molar-refractivity contribution < 1.29 is 29.9 Å². The Bertz CT molecular complexity index is 1000. The summed E-state index contributed by atoms with van der Waals surface area (Å²) in [5.74, 6) is 0.123. The van der Waals surface area contributed by atoms with Gasteiger partial charge in [-0.15, -0.1) is 3.63 Å². The van der Waals surface area contributed by atoms with E-state index in [1.807, 2.05) is 0 Å². The molecule has 0 atom stereocenters. The van der Waals surface area contributed by atoms with Crippen molar-refractivity contribution in [3.63, 3.8) is 0 Å². The number of hydrogen-bond acceptors (Lipinski definition) is 9. The topological polar surface area (TPSA) is 148 Å². The minimum absolute atomic E-state index is 0.00566. The molecule has 11 heteroatoms. The van der Waals surface area contributed by atoms with E-state index in [4.69, 9.17) is 20.9 Å². The highest BCUT2D eigenvalue weighted by molar-refractivity contribution is 8.00. The molecule has 0 aromatic heterocycles. The lowest BCUT2D eigenvalue weighted by atomic mass is 10.3. The Kier molecular flexibility index (Phi) is 5.11. The van der Waals surface area contributed by atoms with Crippen molar-refractivity contribution in [3.05, 3.63) is 36.4 Å². The van der Waals surface area contributed by atoms with Crippen molar-refractivity contribution in [1.82, 2.24) is 0 Å². The van der Waals surface area contributed by atoms with Crippen LogP contribution in [-0.4, -0.2) is 31.1 Å². The molecule has 0 saturated carbocycles. The lowest BCUT2D eigenvalue weighted by Gasteiger charge is -2.11. The van der Waals surface area contributed by atoms with Crippen LogP contribution in [0, 0.1) is 0 Å². The van der Waals surface area contributed by atoms with Crippen molar-refractivity contribution in [2.24, 2.45) is 0 Å². The van der Waals surface area contributed by atoms with Gasteiger partial charge in [-0.25, -0.2) is 0 Å². The van der Waals surface area contributed by atoms with Gasteiger partial charge in [-0.05, 0) is 36.4 Å². The molecule has 0 saturated heterocycles. The maximum atomic E-state index is 12.4. The van der Waals surface area contributed by atoms with E-state index in [0.717, 1.165) is 18.2 Å². The van der Waals surface area contributed by atoms with Gasteiger partial charge in [0, 0.05) is 5.69 Å². The first kappa shape index (κ1) is 18.8. The Balaban J connectivity index is 2.46. The number of methoxy groups -OCH3 is 2. The summed E-state index contributed by atoms with van der Waals surface area (Å²) in [7, 11) is -6.82. The zero-order valence-corrected chi connectivity index (χ0v) is 14.9. The van der Waals surface area contributed by atoms with E-state index in [9.17, 15) is 16.8 Å². The quantitative estimate of drug-likeness (QED) is 0.690. The average molecular weight is 388 g/mol. The highest BCUT2D eigenvalue weighted by Gasteiger charge is 2.30. The molecule has 2 rings (SSSR count). The van der Waals surface area contributed by atoms with Crippen molar-refractivity contribution in [3.8, 4) is 11.5 Å². The van der Waals surface area contributed by atoms with Crippen LogP contribution in [-0.2, 0) is 23.9 Å². The molecule has 0 spiro atoms. The number of anilines is 2. The second-order valence-corrected chi connectivity index (χ2v) is 8.06. The van der Waals surface area contributed by atoms with E-state index in [1.54, 1.807) is 0 Å². The van der Waals surface area contributed by atoms with Crippen LogP contribution in [0.4, 0.5) is 11.4 Å². The van der Waals surface area contributed by atoms with Crippen LogP contribution in [0.15, 0.2) is 46.2 Å². The molecular formula is C14H16N2O7S2. The van der Waals surface area contributed by atoms with Crippen molar-refractivity contribution in [1.29, 1.82) is 0 Å².